The van der Waals surface area contributed by atoms with Crippen LogP contribution in [0, 0.1) is 11.8 Å². The molecule has 0 aromatic heterocycles. The minimum Gasteiger partial charge on any atom is -0.481 e. The van der Waals surface area contributed by atoms with Crippen molar-refractivity contribution in [2.24, 2.45) is 11.8 Å². The van der Waals surface area contributed by atoms with E-state index in [2.05, 4.69) is 10.6 Å². The predicted octanol–water partition coefficient (Wildman–Crippen LogP) is 1.73. The summed E-state index contributed by atoms with van der Waals surface area (Å²) in [5.41, 5.74) is 1.02. The zero-order valence-corrected chi connectivity index (χ0v) is 12.3. The number of carbonyl (C=O) groups is 3. The second kappa shape index (κ2) is 7.42. The van der Waals surface area contributed by atoms with Crippen molar-refractivity contribution in [1.82, 2.24) is 5.32 Å². The molecular weight excluding hydrogens is 272 g/mol. The SMILES string of the molecule is CC(=O)Nc1ccc(C(=O)NCC(C(=O)O)C(C)C)cc1. The third-order valence-corrected chi connectivity index (χ3v) is 3.07. The molecule has 3 N–H and O–H groups in total. The topological polar surface area (TPSA) is 95.5 Å². The van der Waals surface area contributed by atoms with Gasteiger partial charge in [0.25, 0.3) is 5.91 Å². The number of anilines is 1. The Morgan fingerprint density at radius 2 is 1.71 bits per heavy atom. The van der Waals surface area contributed by atoms with Crippen LogP contribution < -0.4 is 10.6 Å². The van der Waals surface area contributed by atoms with E-state index in [-0.39, 0.29) is 24.3 Å². The lowest BCUT2D eigenvalue weighted by molar-refractivity contribution is -0.142. The molecule has 6 heteroatoms. The fourth-order valence-corrected chi connectivity index (χ4v) is 1.82. The van der Waals surface area contributed by atoms with Crippen molar-refractivity contribution >= 4 is 23.5 Å². The second-order valence-corrected chi connectivity index (χ2v) is 5.16. The molecule has 0 aliphatic heterocycles. The lowest BCUT2D eigenvalue weighted by Crippen LogP contribution is -2.35. The normalized spacial score (nSPS) is 11.8. The van der Waals surface area contributed by atoms with Crippen molar-refractivity contribution < 1.29 is 19.5 Å². The molecule has 0 heterocycles. The van der Waals surface area contributed by atoms with Gasteiger partial charge in [-0.1, -0.05) is 13.8 Å². The summed E-state index contributed by atoms with van der Waals surface area (Å²) in [6.07, 6.45) is 0. The van der Waals surface area contributed by atoms with Crippen molar-refractivity contribution in [1.29, 1.82) is 0 Å². The fourth-order valence-electron chi connectivity index (χ4n) is 1.82. The summed E-state index contributed by atoms with van der Waals surface area (Å²) in [4.78, 5) is 33.9. The standard InChI is InChI=1S/C15H20N2O4/c1-9(2)13(15(20)21)8-16-14(19)11-4-6-12(7-5-11)17-10(3)18/h4-7,9,13H,8H2,1-3H3,(H,16,19)(H,17,18)(H,20,21). The molecule has 0 spiro atoms. The Hall–Kier alpha value is -2.37. The van der Waals surface area contributed by atoms with Crippen LogP contribution in [0.3, 0.4) is 0 Å². The molecular formula is C15H20N2O4. The molecule has 0 bridgehead atoms. The largest absolute Gasteiger partial charge is 0.481 e. The van der Waals surface area contributed by atoms with Gasteiger partial charge in [-0.2, -0.15) is 0 Å². The van der Waals surface area contributed by atoms with Crippen molar-refractivity contribution in [3.63, 3.8) is 0 Å². The molecule has 2 amide bonds. The van der Waals surface area contributed by atoms with Gasteiger partial charge in [-0.15, -0.1) is 0 Å². The smallest absolute Gasteiger partial charge is 0.308 e. The van der Waals surface area contributed by atoms with Gasteiger partial charge in [0.05, 0.1) is 5.92 Å². The lowest BCUT2D eigenvalue weighted by atomic mass is 9.96. The van der Waals surface area contributed by atoms with E-state index in [0.29, 0.717) is 11.3 Å². The zero-order valence-electron chi connectivity index (χ0n) is 12.3. The van der Waals surface area contributed by atoms with Crippen LogP contribution in [-0.2, 0) is 9.59 Å². The number of benzene rings is 1. The minimum absolute atomic E-state index is 0.0649. The van der Waals surface area contributed by atoms with E-state index in [4.69, 9.17) is 5.11 Å². The molecule has 1 unspecified atom stereocenters. The summed E-state index contributed by atoms with van der Waals surface area (Å²) in [5, 5.41) is 14.3. The summed E-state index contributed by atoms with van der Waals surface area (Å²) in [7, 11) is 0. The molecule has 0 aliphatic carbocycles. The average Bonchev–Trinajstić information content (AvgIpc) is 2.38. The molecule has 0 radical (unpaired) electrons. The van der Waals surface area contributed by atoms with E-state index < -0.39 is 11.9 Å². The van der Waals surface area contributed by atoms with Crippen molar-refractivity contribution in [3.05, 3.63) is 29.8 Å². The Bertz CT molecular complexity index is 523. The summed E-state index contributed by atoms with van der Waals surface area (Å²) in [5.74, 6) is -2.13. The first-order valence-electron chi connectivity index (χ1n) is 6.70. The number of hydrogen-bond donors (Lipinski definition) is 3. The van der Waals surface area contributed by atoms with Crippen LogP contribution >= 0.6 is 0 Å². The number of amides is 2. The van der Waals surface area contributed by atoms with E-state index in [0.717, 1.165) is 0 Å². The molecule has 0 aliphatic rings. The second-order valence-electron chi connectivity index (χ2n) is 5.16. The molecule has 1 atom stereocenters. The first-order chi connectivity index (χ1) is 9.81. The van der Waals surface area contributed by atoms with Gasteiger partial charge in [0.1, 0.15) is 0 Å². The molecule has 0 fully saturated rings. The van der Waals surface area contributed by atoms with Gasteiger partial charge in [0, 0.05) is 24.7 Å². The monoisotopic (exact) mass is 292 g/mol. The van der Waals surface area contributed by atoms with E-state index in [1.807, 2.05) is 0 Å². The number of carboxylic acid groups (broad SMARTS) is 1. The van der Waals surface area contributed by atoms with Crippen LogP contribution in [0.4, 0.5) is 5.69 Å². The molecule has 0 saturated heterocycles. The van der Waals surface area contributed by atoms with E-state index in [9.17, 15) is 14.4 Å². The summed E-state index contributed by atoms with van der Waals surface area (Å²) in [6.45, 7) is 5.08. The number of aliphatic carboxylic acids is 1. The van der Waals surface area contributed by atoms with Crippen molar-refractivity contribution in [3.8, 4) is 0 Å². The Balaban J connectivity index is 2.63. The fraction of sp³-hybridized carbons (Fsp3) is 0.400. The molecule has 21 heavy (non-hydrogen) atoms. The number of nitrogens with one attached hydrogen (secondary N) is 2. The number of carboxylic acids is 1. The minimum atomic E-state index is -0.925. The van der Waals surface area contributed by atoms with Gasteiger partial charge in [-0.25, -0.2) is 0 Å². The molecule has 6 nitrogen and oxygen atoms in total. The maximum atomic E-state index is 11.9. The number of rotatable bonds is 6. The third kappa shape index (κ3) is 5.25. The highest BCUT2D eigenvalue weighted by Gasteiger charge is 2.22. The highest BCUT2D eigenvalue weighted by Crippen LogP contribution is 2.12. The van der Waals surface area contributed by atoms with E-state index >= 15 is 0 Å². The van der Waals surface area contributed by atoms with E-state index in [1.54, 1.807) is 38.1 Å². The zero-order chi connectivity index (χ0) is 16.0. The summed E-state index contributed by atoms with van der Waals surface area (Å²) < 4.78 is 0. The number of carbonyl (C=O) groups excluding carboxylic acids is 2. The van der Waals surface area contributed by atoms with Crippen LogP contribution in [0.25, 0.3) is 0 Å². The van der Waals surface area contributed by atoms with Gasteiger partial charge in [-0.05, 0) is 30.2 Å². The highest BCUT2D eigenvalue weighted by molar-refractivity contribution is 5.95. The van der Waals surface area contributed by atoms with Crippen LogP contribution in [0.5, 0.6) is 0 Å². The van der Waals surface area contributed by atoms with Crippen LogP contribution in [0.2, 0.25) is 0 Å². The highest BCUT2D eigenvalue weighted by atomic mass is 16.4. The van der Waals surface area contributed by atoms with Crippen molar-refractivity contribution in [2.75, 3.05) is 11.9 Å². The first kappa shape index (κ1) is 16.7. The quantitative estimate of drug-likeness (QED) is 0.744. The molecule has 114 valence electrons. The van der Waals surface area contributed by atoms with Crippen LogP contribution in [0.15, 0.2) is 24.3 Å². The third-order valence-electron chi connectivity index (χ3n) is 3.07. The van der Waals surface area contributed by atoms with Gasteiger partial charge < -0.3 is 15.7 Å². The Morgan fingerprint density at radius 3 is 2.14 bits per heavy atom. The number of hydrogen-bond acceptors (Lipinski definition) is 3. The Kier molecular flexibility index (Phi) is 5.90. The van der Waals surface area contributed by atoms with Gasteiger partial charge >= 0.3 is 5.97 Å². The molecule has 1 aromatic rings. The predicted molar refractivity (Wildman–Crippen MR) is 79.0 cm³/mol. The maximum absolute atomic E-state index is 11.9. The Morgan fingerprint density at radius 1 is 1.14 bits per heavy atom. The van der Waals surface area contributed by atoms with Gasteiger partial charge in [0.15, 0.2) is 0 Å². The van der Waals surface area contributed by atoms with Gasteiger partial charge in [-0.3, -0.25) is 14.4 Å². The molecule has 1 aromatic carbocycles. The lowest BCUT2D eigenvalue weighted by Gasteiger charge is -2.16. The average molecular weight is 292 g/mol. The summed E-state index contributed by atoms with van der Waals surface area (Å²) in [6, 6.07) is 6.39. The van der Waals surface area contributed by atoms with Crippen molar-refractivity contribution in [2.45, 2.75) is 20.8 Å². The van der Waals surface area contributed by atoms with Gasteiger partial charge in [0.2, 0.25) is 5.91 Å². The van der Waals surface area contributed by atoms with E-state index in [1.165, 1.54) is 6.92 Å². The van der Waals surface area contributed by atoms with Crippen LogP contribution in [-0.4, -0.2) is 29.4 Å². The maximum Gasteiger partial charge on any atom is 0.308 e. The Labute approximate surface area is 123 Å². The summed E-state index contributed by atoms with van der Waals surface area (Å²) >= 11 is 0. The molecule has 0 saturated carbocycles. The first-order valence-corrected chi connectivity index (χ1v) is 6.70. The van der Waals surface area contributed by atoms with Crippen LogP contribution in [0.1, 0.15) is 31.1 Å². The molecule has 1 rings (SSSR count).